The summed E-state index contributed by atoms with van der Waals surface area (Å²) in [5, 5.41) is 12.6. The number of para-hydroxylation sites is 1. The van der Waals surface area contributed by atoms with Gasteiger partial charge in [0.15, 0.2) is 0 Å². The SMILES string of the molecule is CC(C)C(O)CC(=O)NCc1ccccc1-n1ccnc1. The van der Waals surface area contributed by atoms with Gasteiger partial charge in [0.2, 0.25) is 5.91 Å². The van der Waals surface area contributed by atoms with Gasteiger partial charge in [0.05, 0.1) is 24.5 Å². The van der Waals surface area contributed by atoms with Crippen molar-refractivity contribution in [2.45, 2.75) is 32.9 Å². The molecule has 1 atom stereocenters. The second-order valence-electron chi connectivity index (χ2n) is 5.39. The Morgan fingerprint density at radius 1 is 1.38 bits per heavy atom. The lowest BCUT2D eigenvalue weighted by Gasteiger charge is -2.15. The van der Waals surface area contributed by atoms with Crippen molar-refractivity contribution in [3.05, 3.63) is 48.5 Å². The van der Waals surface area contributed by atoms with Crippen molar-refractivity contribution in [2.75, 3.05) is 0 Å². The highest BCUT2D eigenvalue weighted by molar-refractivity contribution is 5.76. The second-order valence-corrected chi connectivity index (χ2v) is 5.39. The van der Waals surface area contributed by atoms with Gasteiger partial charge in [0.25, 0.3) is 0 Å². The first-order valence-corrected chi connectivity index (χ1v) is 7.09. The summed E-state index contributed by atoms with van der Waals surface area (Å²) in [6.45, 7) is 4.22. The third-order valence-corrected chi connectivity index (χ3v) is 3.41. The highest BCUT2D eigenvalue weighted by Gasteiger charge is 2.14. The molecule has 0 aliphatic carbocycles. The van der Waals surface area contributed by atoms with Gasteiger partial charge < -0.3 is 15.0 Å². The summed E-state index contributed by atoms with van der Waals surface area (Å²) in [7, 11) is 0. The monoisotopic (exact) mass is 287 g/mol. The Bertz CT molecular complexity index is 579. The molecule has 0 saturated carbocycles. The molecule has 1 aromatic heterocycles. The summed E-state index contributed by atoms with van der Waals surface area (Å²) >= 11 is 0. The maximum absolute atomic E-state index is 11.8. The van der Waals surface area contributed by atoms with Crippen LogP contribution in [0.25, 0.3) is 5.69 Å². The third kappa shape index (κ3) is 4.16. The number of aliphatic hydroxyl groups excluding tert-OH is 1. The normalized spacial score (nSPS) is 12.4. The Labute approximate surface area is 124 Å². The molecule has 5 nitrogen and oxygen atoms in total. The van der Waals surface area contributed by atoms with Gasteiger partial charge in [-0.3, -0.25) is 4.79 Å². The molecular weight excluding hydrogens is 266 g/mol. The molecule has 2 rings (SSSR count). The van der Waals surface area contributed by atoms with E-state index in [9.17, 15) is 9.90 Å². The summed E-state index contributed by atoms with van der Waals surface area (Å²) in [6.07, 6.45) is 4.83. The van der Waals surface area contributed by atoms with Crippen LogP contribution in [0.4, 0.5) is 0 Å². The van der Waals surface area contributed by atoms with Crippen LogP contribution >= 0.6 is 0 Å². The van der Waals surface area contributed by atoms with E-state index < -0.39 is 6.10 Å². The summed E-state index contributed by atoms with van der Waals surface area (Å²) in [4.78, 5) is 15.9. The largest absolute Gasteiger partial charge is 0.392 e. The lowest BCUT2D eigenvalue weighted by Crippen LogP contribution is -2.29. The molecule has 1 aromatic carbocycles. The fourth-order valence-corrected chi connectivity index (χ4v) is 2.01. The molecule has 0 fully saturated rings. The van der Waals surface area contributed by atoms with Crippen LogP contribution in [0.1, 0.15) is 25.8 Å². The van der Waals surface area contributed by atoms with E-state index in [2.05, 4.69) is 10.3 Å². The molecule has 2 aromatic rings. The molecule has 1 heterocycles. The Morgan fingerprint density at radius 2 is 2.14 bits per heavy atom. The number of aliphatic hydroxyl groups is 1. The minimum absolute atomic E-state index is 0.0778. The smallest absolute Gasteiger partial charge is 0.222 e. The van der Waals surface area contributed by atoms with Crippen LogP contribution in [-0.4, -0.2) is 26.7 Å². The van der Waals surface area contributed by atoms with E-state index in [4.69, 9.17) is 0 Å². The van der Waals surface area contributed by atoms with Crippen molar-refractivity contribution in [1.29, 1.82) is 0 Å². The summed E-state index contributed by atoms with van der Waals surface area (Å²) < 4.78 is 1.91. The van der Waals surface area contributed by atoms with E-state index in [-0.39, 0.29) is 18.2 Å². The number of benzene rings is 1. The minimum Gasteiger partial charge on any atom is -0.392 e. The van der Waals surface area contributed by atoms with Crippen LogP contribution in [0.2, 0.25) is 0 Å². The Morgan fingerprint density at radius 3 is 2.81 bits per heavy atom. The van der Waals surface area contributed by atoms with Crippen LogP contribution in [0.5, 0.6) is 0 Å². The average Bonchev–Trinajstić information content (AvgIpc) is 2.99. The van der Waals surface area contributed by atoms with E-state index in [1.807, 2.05) is 48.9 Å². The van der Waals surface area contributed by atoms with Crippen molar-refractivity contribution in [3.63, 3.8) is 0 Å². The van der Waals surface area contributed by atoms with E-state index in [0.29, 0.717) is 6.54 Å². The molecule has 5 heteroatoms. The van der Waals surface area contributed by atoms with Gasteiger partial charge in [-0.25, -0.2) is 4.98 Å². The maximum Gasteiger partial charge on any atom is 0.222 e. The number of imidazole rings is 1. The first-order valence-electron chi connectivity index (χ1n) is 7.09. The number of hydrogen-bond acceptors (Lipinski definition) is 3. The average molecular weight is 287 g/mol. The van der Waals surface area contributed by atoms with Gasteiger partial charge in [-0.05, 0) is 17.5 Å². The van der Waals surface area contributed by atoms with Gasteiger partial charge >= 0.3 is 0 Å². The molecule has 112 valence electrons. The molecule has 21 heavy (non-hydrogen) atoms. The zero-order chi connectivity index (χ0) is 15.2. The number of amides is 1. The second kappa shape index (κ2) is 7.04. The van der Waals surface area contributed by atoms with Crippen molar-refractivity contribution < 1.29 is 9.90 Å². The highest BCUT2D eigenvalue weighted by atomic mass is 16.3. The van der Waals surface area contributed by atoms with Crippen molar-refractivity contribution >= 4 is 5.91 Å². The number of nitrogens with one attached hydrogen (secondary N) is 1. The number of rotatable bonds is 6. The minimum atomic E-state index is -0.603. The van der Waals surface area contributed by atoms with Crippen LogP contribution in [0.15, 0.2) is 43.0 Å². The zero-order valence-electron chi connectivity index (χ0n) is 12.4. The standard InChI is InChI=1S/C16H21N3O2/c1-12(2)15(20)9-16(21)18-10-13-5-3-4-6-14(13)19-8-7-17-11-19/h3-8,11-12,15,20H,9-10H2,1-2H3,(H,18,21). The summed E-state index contributed by atoms with van der Waals surface area (Å²) in [5.74, 6) is -0.0642. The van der Waals surface area contributed by atoms with Crippen LogP contribution in [0, 0.1) is 5.92 Å². The quantitative estimate of drug-likeness (QED) is 0.852. The van der Waals surface area contributed by atoms with Gasteiger partial charge in [-0.15, -0.1) is 0 Å². The van der Waals surface area contributed by atoms with Crippen LogP contribution < -0.4 is 5.32 Å². The molecule has 0 aliphatic rings. The first-order chi connectivity index (χ1) is 10.1. The third-order valence-electron chi connectivity index (χ3n) is 3.41. The van der Waals surface area contributed by atoms with Crippen molar-refractivity contribution in [3.8, 4) is 5.69 Å². The molecule has 0 aliphatic heterocycles. The first kappa shape index (κ1) is 15.3. The zero-order valence-corrected chi connectivity index (χ0v) is 12.4. The molecule has 0 spiro atoms. The molecule has 0 radical (unpaired) electrons. The van der Waals surface area contributed by atoms with Gasteiger partial charge in [-0.2, -0.15) is 0 Å². The molecule has 0 bridgehead atoms. The molecule has 1 amide bonds. The number of aromatic nitrogens is 2. The number of carbonyl (C=O) groups is 1. The topological polar surface area (TPSA) is 67.2 Å². The lowest BCUT2D eigenvalue weighted by molar-refractivity contribution is -0.123. The fourth-order valence-electron chi connectivity index (χ4n) is 2.01. The molecule has 1 unspecified atom stereocenters. The van der Waals surface area contributed by atoms with Gasteiger partial charge in [-0.1, -0.05) is 32.0 Å². The van der Waals surface area contributed by atoms with E-state index >= 15 is 0 Å². The Kier molecular flexibility index (Phi) is 5.11. The van der Waals surface area contributed by atoms with E-state index in [1.54, 1.807) is 12.5 Å². The Balaban J connectivity index is 1.99. The maximum atomic E-state index is 11.8. The molecule has 2 N–H and O–H groups in total. The lowest BCUT2D eigenvalue weighted by atomic mass is 10.0. The van der Waals surface area contributed by atoms with Crippen molar-refractivity contribution in [1.82, 2.24) is 14.9 Å². The number of carbonyl (C=O) groups excluding carboxylic acids is 1. The highest BCUT2D eigenvalue weighted by Crippen LogP contribution is 2.14. The van der Waals surface area contributed by atoms with Crippen molar-refractivity contribution in [2.24, 2.45) is 5.92 Å². The van der Waals surface area contributed by atoms with Gasteiger partial charge in [0, 0.05) is 18.9 Å². The molecular formula is C16H21N3O2. The predicted molar refractivity (Wildman–Crippen MR) is 80.9 cm³/mol. The number of nitrogens with zero attached hydrogens (tertiary/aromatic N) is 2. The fraction of sp³-hybridized carbons (Fsp3) is 0.375. The van der Waals surface area contributed by atoms with E-state index in [0.717, 1.165) is 11.3 Å². The van der Waals surface area contributed by atoms with Gasteiger partial charge in [0.1, 0.15) is 0 Å². The molecule has 0 saturated heterocycles. The summed E-state index contributed by atoms with van der Waals surface area (Å²) in [6, 6.07) is 7.83. The van der Waals surface area contributed by atoms with Crippen LogP contribution in [0.3, 0.4) is 0 Å². The van der Waals surface area contributed by atoms with E-state index in [1.165, 1.54) is 0 Å². The summed E-state index contributed by atoms with van der Waals surface area (Å²) in [5.41, 5.74) is 1.99. The van der Waals surface area contributed by atoms with Crippen LogP contribution in [-0.2, 0) is 11.3 Å². The number of hydrogen-bond donors (Lipinski definition) is 2. The Hall–Kier alpha value is -2.14. The predicted octanol–water partition coefficient (Wildman–Crippen LogP) is 1.90.